The zero-order chi connectivity index (χ0) is 17.6. The lowest BCUT2D eigenvalue weighted by Crippen LogP contribution is -2.48. The molecule has 0 unspecified atom stereocenters. The predicted molar refractivity (Wildman–Crippen MR) is 94.5 cm³/mol. The third kappa shape index (κ3) is 4.11. The fourth-order valence-corrected chi connectivity index (χ4v) is 2.79. The zero-order valence-corrected chi connectivity index (χ0v) is 14.1. The Kier molecular flexibility index (Phi) is 5.21. The van der Waals surface area contributed by atoms with Gasteiger partial charge in [0.2, 0.25) is 0 Å². The number of carbonyl (C=O) groups is 1. The average molecular weight is 336 g/mol. The number of hydrogen-bond donors (Lipinski definition) is 1. The van der Waals surface area contributed by atoms with Gasteiger partial charge in [-0.15, -0.1) is 0 Å². The van der Waals surface area contributed by atoms with Gasteiger partial charge in [0.1, 0.15) is 17.8 Å². The largest absolute Gasteiger partial charge is 0.340 e. The van der Waals surface area contributed by atoms with Gasteiger partial charge in [-0.1, -0.05) is 13.0 Å². The van der Waals surface area contributed by atoms with Crippen LogP contribution in [0.15, 0.2) is 36.7 Å². The number of piperazine rings is 1. The molecule has 1 saturated heterocycles. The molecule has 1 N–H and O–H groups in total. The molecule has 0 radical (unpaired) electrons. The molecule has 3 rings (SSSR count). The lowest BCUT2D eigenvalue weighted by molar-refractivity contribution is 0.0637. The molecule has 1 fully saturated rings. The molecule has 2 heterocycles. The normalized spacial score (nSPS) is 14.8. The van der Waals surface area contributed by atoms with Crippen LogP contribution in [-0.2, 0) is 0 Å². The van der Waals surface area contributed by atoms with Crippen LogP contribution in [0.25, 0.3) is 0 Å². The molecule has 2 aromatic rings. The monoisotopic (exact) mass is 336 g/mol. The van der Waals surface area contributed by atoms with Crippen LogP contribution < -0.4 is 5.32 Å². The van der Waals surface area contributed by atoms with Crippen LogP contribution in [0.3, 0.4) is 0 Å². The van der Waals surface area contributed by atoms with Gasteiger partial charge < -0.3 is 15.1 Å². The van der Waals surface area contributed by atoms with Crippen molar-refractivity contribution in [2.75, 3.05) is 38.0 Å². The van der Waals surface area contributed by atoms with Gasteiger partial charge in [-0.05, 0) is 24.7 Å². The van der Waals surface area contributed by atoms with E-state index in [1.54, 1.807) is 24.3 Å². The summed E-state index contributed by atoms with van der Waals surface area (Å²) in [6, 6.07) is 10.8. The maximum absolute atomic E-state index is 12.6. The summed E-state index contributed by atoms with van der Waals surface area (Å²) >= 11 is 0. The predicted octanol–water partition coefficient (Wildman–Crippen LogP) is 1.87. The molecule has 7 heteroatoms. The maximum atomic E-state index is 12.6. The molecule has 1 aliphatic rings. The Morgan fingerprint density at radius 3 is 2.76 bits per heavy atom. The van der Waals surface area contributed by atoms with E-state index in [2.05, 4.69) is 33.2 Å². The lowest BCUT2D eigenvalue weighted by Gasteiger charge is -2.33. The Hall–Kier alpha value is -2.98. The second kappa shape index (κ2) is 7.73. The van der Waals surface area contributed by atoms with E-state index < -0.39 is 0 Å². The summed E-state index contributed by atoms with van der Waals surface area (Å²) < 4.78 is 0. The Morgan fingerprint density at radius 2 is 2.04 bits per heavy atom. The van der Waals surface area contributed by atoms with Crippen LogP contribution >= 0.6 is 0 Å². The topological polar surface area (TPSA) is 85.1 Å². The smallest absolute Gasteiger partial charge is 0.272 e. The minimum absolute atomic E-state index is 0.0769. The number of nitrogens with zero attached hydrogens (tertiary/aromatic N) is 5. The first kappa shape index (κ1) is 16.9. The highest BCUT2D eigenvalue weighted by atomic mass is 16.2. The van der Waals surface area contributed by atoms with E-state index in [4.69, 9.17) is 5.26 Å². The number of carbonyl (C=O) groups excluding carboxylic acids is 1. The number of aromatic nitrogens is 2. The van der Waals surface area contributed by atoms with Crippen molar-refractivity contribution in [1.82, 2.24) is 19.8 Å². The molecular formula is C18H20N6O. The van der Waals surface area contributed by atoms with E-state index in [1.165, 1.54) is 6.33 Å². The summed E-state index contributed by atoms with van der Waals surface area (Å²) in [7, 11) is 0. The first-order chi connectivity index (χ1) is 12.2. The minimum atomic E-state index is -0.0769. The molecule has 0 spiro atoms. The van der Waals surface area contributed by atoms with E-state index in [9.17, 15) is 4.79 Å². The van der Waals surface area contributed by atoms with Crippen LogP contribution in [-0.4, -0.2) is 58.4 Å². The lowest BCUT2D eigenvalue weighted by atomic mass is 10.2. The second-order valence-corrected chi connectivity index (χ2v) is 5.83. The highest BCUT2D eigenvalue weighted by Crippen LogP contribution is 2.17. The van der Waals surface area contributed by atoms with Gasteiger partial charge in [-0.3, -0.25) is 4.79 Å². The number of rotatable bonds is 4. The van der Waals surface area contributed by atoms with Crippen molar-refractivity contribution < 1.29 is 4.79 Å². The summed E-state index contributed by atoms with van der Waals surface area (Å²) in [5.41, 5.74) is 1.68. The molecule has 0 atom stereocenters. The molecular weight excluding hydrogens is 316 g/mol. The molecule has 128 valence electrons. The molecule has 0 saturated carbocycles. The Labute approximate surface area is 146 Å². The molecule has 0 aliphatic carbocycles. The SMILES string of the molecule is CCN1CCN(C(=O)c2cc(Nc3cccc(C#N)c3)ncn2)CC1. The fourth-order valence-electron chi connectivity index (χ4n) is 2.79. The first-order valence-electron chi connectivity index (χ1n) is 8.30. The summed E-state index contributed by atoms with van der Waals surface area (Å²) in [5, 5.41) is 12.1. The quantitative estimate of drug-likeness (QED) is 0.917. The number of hydrogen-bond acceptors (Lipinski definition) is 6. The van der Waals surface area contributed by atoms with Crippen LogP contribution in [0.5, 0.6) is 0 Å². The Balaban J connectivity index is 1.71. The molecule has 1 aromatic carbocycles. The molecule has 0 bridgehead atoms. The minimum Gasteiger partial charge on any atom is -0.340 e. The number of likely N-dealkylation sites (N-methyl/N-ethyl adjacent to an activating group) is 1. The van der Waals surface area contributed by atoms with Crippen molar-refractivity contribution in [3.05, 3.63) is 47.9 Å². The Morgan fingerprint density at radius 1 is 1.24 bits per heavy atom. The molecule has 7 nitrogen and oxygen atoms in total. The third-order valence-electron chi connectivity index (χ3n) is 4.26. The zero-order valence-electron chi connectivity index (χ0n) is 14.1. The van der Waals surface area contributed by atoms with Crippen molar-refractivity contribution in [3.8, 4) is 6.07 Å². The van der Waals surface area contributed by atoms with E-state index in [1.807, 2.05) is 11.0 Å². The van der Waals surface area contributed by atoms with E-state index in [-0.39, 0.29) is 5.91 Å². The van der Waals surface area contributed by atoms with Crippen molar-refractivity contribution in [2.24, 2.45) is 0 Å². The van der Waals surface area contributed by atoms with Gasteiger partial charge >= 0.3 is 0 Å². The van der Waals surface area contributed by atoms with Crippen LogP contribution in [0.2, 0.25) is 0 Å². The van der Waals surface area contributed by atoms with E-state index >= 15 is 0 Å². The number of benzene rings is 1. The van der Waals surface area contributed by atoms with Crippen LogP contribution in [0.1, 0.15) is 23.0 Å². The number of amides is 1. The van der Waals surface area contributed by atoms with E-state index in [0.29, 0.717) is 30.2 Å². The van der Waals surface area contributed by atoms with E-state index in [0.717, 1.165) is 25.3 Å². The van der Waals surface area contributed by atoms with Crippen molar-refractivity contribution >= 4 is 17.4 Å². The van der Waals surface area contributed by atoms with Crippen LogP contribution in [0.4, 0.5) is 11.5 Å². The second-order valence-electron chi connectivity index (χ2n) is 5.83. The van der Waals surface area contributed by atoms with Gasteiger partial charge in [0, 0.05) is 37.9 Å². The first-order valence-corrected chi connectivity index (χ1v) is 8.30. The maximum Gasteiger partial charge on any atom is 0.272 e. The number of anilines is 2. The standard InChI is InChI=1S/C18H20N6O/c1-2-23-6-8-24(9-7-23)18(25)16-11-17(21-13-20-16)22-15-5-3-4-14(10-15)12-19/h3-5,10-11,13H,2,6-9H2,1H3,(H,20,21,22). The number of nitriles is 1. The summed E-state index contributed by atoms with van der Waals surface area (Å²) in [5.74, 6) is 0.451. The Bertz CT molecular complexity index is 792. The molecule has 1 aromatic heterocycles. The van der Waals surface area contributed by atoms with Gasteiger partial charge in [0.05, 0.1) is 11.6 Å². The summed E-state index contributed by atoms with van der Waals surface area (Å²) in [6.07, 6.45) is 1.38. The summed E-state index contributed by atoms with van der Waals surface area (Å²) in [4.78, 5) is 25.1. The summed E-state index contributed by atoms with van der Waals surface area (Å²) in [6.45, 7) is 6.33. The van der Waals surface area contributed by atoms with Crippen LogP contribution in [0, 0.1) is 11.3 Å². The molecule has 1 amide bonds. The van der Waals surface area contributed by atoms with Gasteiger partial charge in [0.15, 0.2) is 0 Å². The number of nitrogens with one attached hydrogen (secondary N) is 1. The highest BCUT2D eigenvalue weighted by Gasteiger charge is 2.22. The fraction of sp³-hybridized carbons (Fsp3) is 0.333. The van der Waals surface area contributed by atoms with Crippen molar-refractivity contribution in [2.45, 2.75) is 6.92 Å². The average Bonchev–Trinajstić information content (AvgIpc) is 2.68. The third-order valence-corrected chi connectivity index (χ3v) is 4.26. The molecule has 25 heavy (non-hydrogen) atoms. The highest BCUT2D eigenvalue weighted by molar-refractivity contribution is 5.93. The van der Waals surface area contributed by atoms with Crippen molar-refractivity contribution in [3.63, 3.8) is 0 Å². The van der Waals surface area contributed by atoms with Crippen molar-refractivity contribution in [1.29, 1.82) is 5.26 Å². The molecule has 1 aliphatic heterocycles. The van der Waals surface area contributed by atoms with Gasteiger partial charge in [0.25, 0.3) is 5.91 Å². The van der Waals surface area contributed by atoms with Gasteiger partial charge in [-0.2, -0.15) is 5.26 Å². The van der Waals surface area contributed by atoms with Gasteiger partial charge in [-0.25, -0.2) is 9.97 Å².